The molecule has 0 heterocycles. The maximum atomic E-state index is 11.0. The molecule has 0 aromatic heterocycles. The lowest BCUT2D eigenvalue weighted by Crippen LogP contribution is -2.20. The maximum Gasteiger partial charge on any atom is 0.221 e. The third-order valence-corrected chi connectivity index (χ3v) is 2.11. The zero-order valence-corrected chi connectivity index (χ0v) is 9.08. The molecule has 0 aliphatic rings. The van der Waals surface area contributed by atoms with Crippen LogP contribution in [0.15, 0.2) is 18.2 Å². The van der Waals surface area contributed by atoms with Crippen molar-refractivity contribution >= 4 is 17.3 Å². The summed E-state index contributed by atoms with van der Waals surface area (Å²) in [4.78, 5) is 11.0. The highest BCUT2D eigenvalue weighted by molar-refractivity contribution is 5.76. The smallest absolute Gasteiger partial charge is 0.221 e. The van der Waals surface area contributed by atoms with E-state index in [9.17, 15) is 4.79 Å². The Labute approximate surface area is 94.2 Å². The molecule has 0 aliphatic carbocycles. The molecule has 0 aliphatic heterocycles. The third-order valence-electron chi connectivity index (χ3n) is 2.11. The molecule has 84 valence electrons. The number of nitrogens with one attached hydrogen (secondary N) is 2. The van der Waals surface area contributed by atoms with Gasteiger partial charge in [-0.05, 0) is 18.2 Å². The monoisotopic (exact) mass is 218 g/mol. The van der Waals surface area contributed by atoms with Gasteiger partial charge in [0.05, 0.1) is 11.3 Å². The van der Waals surface area contributed by atoms with E-state index in [1.807, 2.05) is 6.07 Å². The van der Waals surface area contributed by atoms with Crippen molar-refractivity contribution in [2.24, 2.45) is 0 Å². The average molecular weight is 218 g/mol. The molecule has 0 fully saturated rings. The molecule has 0 saturated heterocycles. The van der Waals surface area contributed by atoms with E-state index in [4.69, 9.17) is 11.0 Å². The molecular formula is C11H14N4O. The van der Waals surface area contributed by atoms with Crippen molar-refractivity contribution in [2.75, 3.05) is 24.6 Å². The first-order valence-corrected chi connectivity index (χ1v) is 4.91. The van der Waals surface area contributed by atoms with Crippen LogP contribution in [0.1, 0.15) is 12.0 Å². The summed E-state index contributed by atoms with van der Waals surface area (Å²) in [6.07, 6.45) is 0.367. The molecular weight excluding hydrogens is 204 g/mol. The van der Waals surface area contributed by atoms with E-state index < -0.39 is 0 Å². The number of carbonyl (C=O) groups excluding carboxylic acids is 1. The second-order valence-corrected chi connectivity index (χ2v) is 3.27. The highest BCUT2D eigenvalue weighted by Gasteiger charge is 2.02. The largest absolute Gasteiger partial charge is 0.399 e. The van der Waals surface area contributed by atoms with Crippen molar-refractivity contribution < 1.29 is 4.79 Å². The number of rotatable bonds is 4. The zero-order valence-electron chi connectivity index (χ0n) is 9.08. The lowest BCUT2D eigenvalue weighted by atomic mass is 10.1. The first-order chi connectivity index (χ1) is 7.67. The van der Waals surface area contributed by atoms with Crippen molar-refractivity contribution in [3.05, 3.63) is 23.8 Å². The fraction of sp³-hybridized carbons (Fsp3) is 0.273. The molecule has 0 saturated carbocycles. The van der Waals surface area contributed by atoms with Gasteiger partial charge in [0, 0.05) is 25.7 Å². The highest BCUT2D eigenvalue weighted by atomic mass is 16.1. The van der Waals surface area contributed by atoms with Gasteiger partial charge in [-0.3, -0.25) is 4.79 Å². The van der Waals surface area contributed by atoms with Gasteiger partial charge in [-0.15, -0.1) is 0 Å². The molecule has 5 nitrogen and oxygen atoms in total. The summed E-state index contributed by atoms with van der Waals surface area (Å²) in [7, 11) is 1.59. The van der Waals surface area contributed by atoms with Crippen LogP contribution in [0.5, 0.6) is 0 Å². The van der Waals surface area contributed by atoms with Crippen LogP contribution in [0.25, 0.3) is 0 Å². The van der Waals surface area contributed by atoms with Gasteiger partial charge in [-0.25, -0.2) is 0 Å². The second-order valence-electron chi connectivity index (χ2n) is 3.27. The lowest BCUT2D eigenvalue weighted by Gasteiger charge is -2.08. The summed E-state index contributed by atoms with van der Waals surface area (Å²) in [5, 5.41) is 14.4. The predicted molar refractivity (Wildman–Crippen MR) is 62.7 cm³/mol. The first kappa shape index (κ1) is 11.9. The van der Waals surface area contributed by atoms with Gasteiger partial charge in [0.15, 0.2) is 0 Å². The summed E-state index contributed by atoms with van der Waals surface area (Å²) in [5.41, 5.74) is 7.29. The van der Waals surface area contributed by atoms with Gasteiger partial charge in [0.2, 0.25) is 5.91 Å². The summed E-state index contributed by atoms with van der Waals surface area (Å²) in [5.74, 6) is -0.0403. The Kier molecular flexibility index (Phi) is 4.16. The van der Waals surface area contributed by atoms with E-state index >= 15 is 0 Å². The number of nitrogens with two attached hydrogens (primary N) is 1. The molecule has 0 unspecified atom stereocenters. The normalized spacial score (nSPS) is 9.25. The van der Waals surface area contributed by atoms with Crippen LogP contribution in [0.3, 0.4) is 0 Å². The number of anilines is 2. The number of nitriles is 1. The van der Waals surface area contributed by atoms with Gasteiger partial charge in [-0.2, -0.15) is 5.26 Å². The molecule has 0 atom stereocenters. The number of hydrogen-bond acceptors (Lipinski definition) is 4. The van der Waals surface area contributed by atoms with E-state index in [0.29, 0.717) is 29.9 Å². The molecule has 0 radical (unpaired) electrons. The summed E-state index contributed by atoms with van der Waals surface area (Å²) in [6, 6.07) is 7.09. The Bertz CT molecular complexity index is 422. The maximum absolute atomic E-state index is 11.0. The Morgan fingerprint density at radius 2 is 2.31 bits per heavy atom. The van der Waals surface area contributed by atoms with E-state index in [0.717, 1.165) is 0 Å². The topological polar surface area (TPSA) is 90.9 Å². The summed E-state index contributed by atoms with van der Waals surface area (Å²) >= 11 is 0. The Hall–Kier alpha value is -2.22. The van der Waals surface area contributed by atoms with Crippen LogP contribution >= 0.6 is 0 Å². The molecule has 1 amide bonds. The van der Waals surface area contributed by atoms with Crippen LogP contribution < -0.4 is 16.4 Å². The van der Waals surface area contributed by atoms with Gasteiger partial charge in [0.1, 0.15) is 6.07 Å². The Balaban J connectivity index is 2.61. The van der Waals surface area contributed by atoms with E-state index in [2.05, 4.69) is 10.6 Å². The molecule has 1 aromatic rings. The number of nitrogens with zero attached hydrogens (tertiary/aromatic N) is 1. The number of amides is 1. The quantitative estimate of drug-likeness (QED) is 0.648. The van der Waals surface area contributed by atoms with Crippen molar-refractivity contribution in [3.8, 4) is 6.07 Å². The fourth-order valence-corrected chi connectivity index (χ4v) is 1.24. The van der Waals surface area contributed by atoms with Crippen molar-refractivity contribution in [2.45, 2.75) is 6.42 Å². The average Bonchev–Trinajstić information content (AvgIpc) is 2.30. The van der Waals surface area contributed by atoms with E-state index in [1.54, 1.807) is 25.2 Å². The fourth-order valence-electron chi connectivity index (χ4n) is 1.24. The van der Waals surface area contributed by atoms with Crippen LogP contribution in [0.2, 0.25) is 0 Å². The van der Waals surface area contributed by atoms with E-state index in [1.165, 1.54) is 0 Å². The molecule has 0 spiro atoms. The summed E-state index contributed by atoms with van der Waals surface area (Å²) < 4.78 is 0. The van der Waals surface area contributed by atoms with Crippen LogP contribution in [-0.4, -0.2) is 19.5 Å². The molecule has 16 heavy (non-hydrogen) atoms. The molecule has 0 bridgehead atoms. The number of hydrogen-bond donors (Lipinski definition) is 3. The molecule has 1 rings (SSSR count). The molecule has 5 heteroatoms. The number of benzene rings is 1. The lowest BCUT2D eigenvalue weighted by molar-refractivity contribution is -0.120. The van der Waals surface area contributed by atoms with Gasteiger partial charge in [0.25, 0.3) is 0 Å². The van der Waals surface area contributed by atoms with Crippen LogP contribution in [0, 0.1) is 11.3 Å². The Morgan fingerprint density at radius 3 is 2.94 bits per heavy atom. The minimum absolute atomic E-state index is 0.0403. The summed E-state index contributed by atoms with van der Waals surface area (Å²) in [6.45, 7) is 0.484. The van der Waals surface area contributed by atoms with Crippen LogP contribution in [0.4, 0.5) is 11.4 Å². The minimum Gasteiger partial charge on any atom is -0.399 e. The second kappa shape index (κ2) is 5.61. The van der Waals surface area contributed by atoms with E-state index in [-0.39, 0.29) is 5.91 Å². The van der Waals surface area contributed by atoms with Crippen LogP contribution in [-0.2, 0) is 4.79 Å². The zero-order chi connectivity index (χ0) is 12.0. The first-order valence-electron chi connectivity index (χ1n) is 4.91. The third kappa shape index (κ3) is 3.17. The molecule has 1 aromatic carbocycles. The number of carbonyl (C=O) groups is 1. The van der Waals surface area contributed by atoms with Crippen molar-refractivity contribution in [1.82, 2.24) is 5.32 Å². The standard InChI is InChI=1S/C11H14N4O/c1-14-11(16)4-5-15-10-3-2-9(13)6-8(10)7-12/h2-3,6,15H,4-5,13H2,1H3,(H,14,16). The van der Waals surface area contributed by atoms with Gasteiger partial charge >= 0.3 is 0 Å². The van der Waals surface area contributed by atoms with Crippen molar-refractivity contribution in [1.29, 1.82) is 5.26 Å². The number of nitrogen functional groups attached to an aromatic ring is 1. The SMILES string of the molecule is CNC(=O)CCNc1ccc(N)cc1C#N. The highest BCUT2D eigenvalue weighted by Crippen LogP contribution is 2.17. The van der Waals surface area contributed by atoms with Crippen molar-refractivity contribution in [3.63, 3.8) is 0 Å². The van der Waals surface area contributed by atoms with Gasteiger partial charge < -0.3 is 16.4 Å². The van der Waals surface area contributed by atoms with Gasteiger partial charge in [-0.1, -0.05) is 0 Å². The predicted octanol–water partition coefficient (Wildman–Crippen LogP) is 0.688. The minimum atomic E-state index is -0.0403. The Morgan fingerprint density at radius 1 is 1.56 bits per heavy atom. The molecule has 4 N–H and O–H groups in total.